The number of aliphatic carboxylic acids is 2. The third-order valence-electron chi connectivity index (χ3n) is 12.1. The Bertz CT molecular complexity index is 1800. The molecular formula is C60H108N6O22. The molecule has 28 heteroatoms. The molecule has 0 radical (unpaired) electrons. The second-order valence-electron chi connectivity index (χ2n) is 22.7. The SMILES string of the molecule is CC(C)(C)OC(=O)[C@@H](CCC(=O)NCCOCCOCC(=O)NCCOCCOCC(=O)O)NC(=O)CCCCCCCCCCCCCCCCC(=O)N[C@H](CCC(=O)NCCOCCOCC(=O)NCCOCCOCC(=O)O)C(=O)OC(C)(C)C. The molecule has 0 aromatic heterocycles. The maximum Gasteiger partial charge on any atom is 0.329 e. The lowest BCUT2D eigenvalue weighted by Crippen LogP contribution is -2.44. The van der Waals surface area contributed by atoms with E-state index < -0.39 is 60.4 Å². The van der Waals surface area contributed by atoms with E-state index in [0.29, 0.717) is 12.8 Å². The summed E-state index contributed by atoms with van der Waals surface area (Å²) in [7, 11) is 0. The van der Waals surface area contributed by atoms with Gasteiger partial charge in [-0.1, -0.05) is 77.0 Å². The van der Waals surface area contributed by atoms with Gasteiger partial charge in [0, 0.05) is 51.9 Å². The lowest BCUT2D eigenvalue weighted by molar-refractivity contribution is -0.159. The zero-order valence-electron chi connectivity index (χ0n) is 53.5. The van der Waals surface area contributed by atoms with E-state index in [1.807, 2.05) is 0 Å². The van der Waals surface area contributed by atoms with Crippen LogP contribution in [-0.4, -0.2) is 225 Å². The van der Waals surface area contributed by atoms with Gasteiger partial charge in [0.1, 0.15) is 49.7 Å². The van der Waals surface area contributed by atoms with Crippen molar-refractivity contribution in [1.29, 1.82) is 0 Å². The number of carbonyl (C=O) groups excluding carboxylic acids is 8. The summed E-state index contributed by atoms with van der Waals surface area (Å²) >= 11 is 0. The lowest BCUT2D eigenvalue weighted by atomic mass is 10.0. The van der Waals surface area contributed by atoms with E-state index in [0.717, 1.165) is 77.0 Å². The van der Waals surface area contributed by atoms with Crippen LogP contribution < -0.4 is 31.9 Å². The minimum Gasteiger partial charge on any atom is -0.480 e. The highest BCUT2D eigenvalue weighted by Crippen LogP contribution is 2.16. The quantitative estimate of drug-likeness (QED) is 0.0320. The Morgan fingerprint density at radius 2 is 0.557 bits per heavy atom. The van der Waals surface area contributed by atoms with Crippen molar-refractivity contribution in [2.45, 2.75) is 193 Å². The first kappa shape index (κ1) is 82.4. The van der Waals surface area contributed by atoms with Crippen molar-refractivity contribution in [3.05, 3.63) is 0 Å². The fourth-order valence-electron chi connectivity index (χ4n) is 7.88. The Hall–Kier alpha value is -5.62. The summed E-state index contributed by atoms with van der Waals surface area (Å²) in [5.74, 6) is -5.16. The number of hydrogen-bond acceptors (Lipinski definition) is 20. The molecule has 0 spiro atoms. The number of amides is 6. The first-order valence-corrected chi connectivity index (χ1v) is 31.1. The number of ether oxygens (including phenoxy) is 10. The Kier molecular flexibility index (Phi) is 50.9. The van der Waals surface area contributed by atoms with Gasteiger partial charge >= 0.3 is 23.9 Å². The summed E-state index contributed by atoms with van der Waals surface area (Å²) in [6.07, 6.45) is 14.8. The largest absolute Gasteiger partial charge is 0.480 e. The van der Waals surface area contributed by atoms with Gasteiger partial charge in [0.05, 0.1) is 79.3 Å². The van der Waals surface area contributed by atoms with Crippen LogP contribution >= 0.6 is 0 Å². The maximum absolute atomic E-state index is 13.0. The monoisotopic (exact) mass is 1260 g/mol. The smallest absolute Gasteiger partial charge is 0.329 e. The predicted molar refractivity (Wildman–Crippen MR) is 322 cm³/mol. The molecule has 0 rings (SSSR count). The molecular weight excluding hydrogens is 1160 g/mol. The summed E-state index contributed by atoms with van der Waals surface area (Å²) < 4.78 is 52.7. The van der Waals surface area contributed by atoms with E-state index in [1.165, 1.54) is 0 Å². The highest BCUT2D eigenvalue weighted by molar-refractivity contribution is 5.86. The highest BCUT2D eigenvalue weighted by Gasteiger charge is 2.29. The van der Waals surface area contributed by atoms with Gasteiger partial charge in [-0.25, -0.2) is 19.2 Å². The zero-order valence-corrected chi connectivity index (χ0v) is 53.5. The van der Waals surface area contributed by atoms with Crippen molar-refractivity contribution < 1.29 is 106 Å². The maximum atomic E-state index is 13.0. The third-order valence-corrected chi connectivity index (χ3v) is 12.1. The van der Waals surface area contributed by atoms with Crippen molar-refractivity contribution in [2.75, 3.05) is 132 Å². The summed E-state index contributed by atoms with van der Waals surface area (Å²) in [6.45, 7) is 12.5. The van der Waals surface area contributed by atoms with Crippen LogP contribution in [0.2, 0.25) is 0 Å². The fraction of sp³-hybridized carbons (Fsp3) is 0.833. The van der Waals surface area contributed by atoms with E-state index in [9.17, 15) is 47.9 Å². The molecule has 0 aliphatic rings. The van der Waals surface area contributed by atoms with Crippen LogP contribution in [0.15, 0.2) is 0 Å². The molecule has 0 unspecified atom stereocenters. The van der Waals surface area contributed by atoms with Crippen LogP contribution in [0.1, 0.15) is 170 Å². The van der Waals surface area contributed by atoms with Crippen molar-refractivity contribution in [3.8, 4) is 0 Å². The van der Waals surface area contributed by atoms with Crippen LogP contribution in [-0.2, 0) is 95.3 Å². The van der Waals surface area contributed by atoms with Crippen LogP contribution in [0.5, 0.6) is 0 Å². The second-order valence-corrected chi connectivity index (χ2v) is 22.7. The molecule has 0 bridgehead atoms. The number of carboxylic acid groups (broad SMARTS) is 2. The van der Waals surface area contributed by atoms with Gasteiger partial charge in [-0.2, -0.15) is 0 Å². The second kappa shape index (κ2) is 54.3. The molecule has 88 heavy (non-hydrogen) atoms. The number of rotatable bonds is 59. The number of carboxylic acids is 2. The van der Waals surface area contributed by atoms with Gasteiger partial charge in [-0.05, 0) is 67.2 Å². The molecule has 0 saturated heterocycles. The number of hydrogen-bond donors (Lipinski definition) is 8. The summed E-state index contributed by atoms with van der Waals surface area (Å²) in [5.41, 5.74) is -1.55. The Balaban J connectivity index is 4.17. The predicted octanol–water partition coefficient (Wildman–Crippen LogP) is 3.21. The van der Waals surface area contributed by atoms with Gasteiger partial charge in [0.25, 0.3) is 0 Å². The van der Waals surface area contributed by atoms with E-state index in [4.69, 9.17) is 57.6 Å². The molecule has 0 aliphatic carbocycles. The molecule has 6 amide bonds. The van der Waals surface area contributed by atoms with Gasteiger partial charge < -0.3 is 89.5 Å². The van der Waals surface area contributed by atoms with E-state index in [1.54, 1.807) is 41.5 Å². The fourth-order valence-corrected chi connectivity index (χ4v) is 7.88. The third kappa shape index (κ3) is 58.1. The van der Waals surface area contributed by atoms with E-state index >= 15 is 0 Å². The molecule has 0 fully saturated rings. The van der Waals surface area contributed by atoms with Gasteiger partial charge in [0.15, 0.2) is 0 Å². The van der Waals surface area contributed by atoms with Crippen molar-refractivity contribution in [2.24, 2.45) is 0 Å². The standard InChI is InChI=1S/C60H108N6O22/c1-59(2,3)87-57(77)47(23-25-49(67)61-27-31-79-35-39-83-43-53(71)63-29-33-81-37-41-85-45-55(73)74)65-51(69)21-19-17-15-13-11-9-7-8-10-12-14-16-18-20-22-52(70)66-48(58(78)88-60(4,5)6)24-26-50(68)62-28-32-80-36-40-84-44-54(72)64-30-34-82-38-42-86-46-56(75)76/h47-48H,7-46H2,1-6H3,(H,61,67)(H,62,68)(H,63,71)(H,64,72)(H,65,69)(H,66,70)(H,73,74)(H,75,76)/t47-,48-/m1/s1. The van der Waals surface area contributed by atoms with Crippen LogP contribution in [0.3, 0.4) is 0 Å². The topological polar surface area (TPSA) is 376 Å². The van der Waals surface area contributed by atoms with E-state index in [2.05, 4.69) is 31.9 Å². The minimum atomic E-state index is -1.06. The average molecular weight is 1270 g/mol. The summed E-state index contributed by atoms with van der Waals surface area (Å²) in [6, 6.07) is -1.95. The van der Waals surface area contributed by atoms with Crippen molar-refractivity contribution >= 4 is 59.3 Å². The number of unbranched alkanes of at least 4 members (excludes halogenated alkanes) is 13. The van der Waals surface area contributed by atoms with Gasteiger partial charge in [-0.15, -0.1) is 0 Å². The molecule has 0 aromatic carbocycles. The van der Waals surface area contributed by atoms with Gasteiger partial charge in [0.2, 0.25) is 35.4 Å². The van der Waals surface area contributed by atoms with Gasteiger partial charge in [-0.3, -0.25) is 28.8 Å². The zero-order chi connectivity index (χ0) is 65.5. The van der Waals surface area contributed by atoms with Crippen LogP contribution in [0, 0.1) is 0 Å². The molecule has 0 aliphatic heterocycles. The first-order valence-electron chi connectivity index (χ1n) is 31.1. The normalized spacial score (nSPS) is 12.1. The Morgan fingerprint density at radius 1 is 0.307 bits per heavy atom. The molecule has 2 atom stereocenters. The molecule has 510 valence electrons. The number of esters is 2. The number of carbonyl (C=O) groups is 10. The number of nitrogens with one attached hydrogen (secondary N) is 6. The molecule has 0 aromatic rings. The Labute approximate surface area is 520 Å². The summed E-state index contributed by atoms with van der Waals surface area (Å²) in [5, 5.41) is 33.3. The first-order chi connectivity index (χ1) is 42.0. The summed E-state index contributed by atoms with van der Waals surface area (Å²) in [4.78, 5) is 121. The molecule has 28 nitrogen and oxygen atoms in total. The average Bonchev–Trinajstić information content (AvgIpc) is 2.84. The van der Waals surface area contributed by atoms with E-state index in [-0.39, 0.29) is 193 Å². The van der Waals surface area contributed by atoms with Crippen LogP contribution in [0.25, 0.3) is 0 Å². The van der Waals surface area contributed by atoms with Crippen molar-refractivity contribution in [1.82, 2.24) is 31.9 Å². The lowest BCUT2D eigenvalue weighted by Gasteiger charge is -2.24. The molecule has 8 N–H and O–H groups in total. The van der Waals surface area contributed by atoms with Crippen molar-refractivity contribution in [3.63, 3.8) is 0 Å². The molecule has 0 saturated carbocycles. The Morgan fingerprint density at radius 3 is 0.830 bits per heavy atom. The highest BCUT2D eigenvalue weighted by atomic mass is 16.6. The minimum absolute atomic E-state index is 0.0159. The molecule has 0 heterocycles. The van der Waals surface area contributed by atoms with Crippen LogP contribution in [0.4, 0.5) is 0 Å².